The van der Waals surface area contributed by atoms with Crippen LogP contribution in [-0.4, -0.2) is 88.4 Å². The molecule has 1 rings (SSSR count). The van der Waals surface area contributed by atoms with Gasteiger partial charge in [0.1, 0.15) is 24.9 Å². The number of aliphatic carboxylic acids is 1. The second kappa shape index (κ2) is 39.7. The van der Waals surface area contributed by atoms with Crippen molar-refractivity contribution in [3.8, 4) is 0 Å². The maximum Gasteiger partial charge on any atom is 0.335 e. The molecule has 1 aliphatic heterocycles. The molecule has 0 aromatic heterocycles. The third kappa shape index (κ3) is 31.4. The Morgan fingerprint density at radius 2 is 0.918 bits per heavy atom. The average Bonchev–Trinajstić information content (AvgIpc) is 3.24. The normalized spacial score (nSPS) is 20.2. The molecule has 6 unspecified atom stereocenters. The summed E-state index contributed by atoms with van der Waals surface area (Å²) in [6.07, 6.45) is 39.7. The monoisotopic (exact) mass is 861 g/mol. The van der Waals surface area contributed by atoms with Crippen molar-refractivity contribution in [1.29, 1.82) is 0 Å². The second-order valence-corrected chi connectivity index (χ2v) is 16.2. The molecule has 6 atom stereocenters. The largest absolute Gasteiger partial charge is 0.479 e. The van der Waals surface area contributed by atoms with Gasteiger partial charge < -0.3 is 39.4 Å². The summed E-state index contributed by atoms with van der Waals surface area (Å²) in [6, 6.07) is 0. The number of aliphatic hydroxyl groups excluding tert-OH is 3. The predicted molar refractivity (Wildman–Crippen MR) is 243 cm³/mol. The summed E-state index contributed by atoms with van der Waals surface area (Å²) in [5, 5.41) is 39.9. The Morgan fingerprint density at radius 3 is 1.41 bits per heavy atom. The third-order valence-corrected chi connectivity index (χ3v) is 10.6. The molecule has 0 aliphatic carbocycles. The number of rotatable bonds is 39. The molecule has 0 aromatic rings. The van der Waals surface area contributed by atoms with Gasteiger partial charge in [-0.25, -0.2) is 4.79 Å². The van der Waals surface area contributed by atoms with E-state index >= 15 is 0 Å². The van der Waals surface area contributed by atoms with Gasteiger partial charge in [-0.15, -0.1) is 0 Å². The van der Waals surface area contributed by atoms with Crippen LogP contribution in [0.2, 0.25) is 0 Å². The maximum absolute atomic E-state index is 12.8. The summed E-state index contributed by atoms with van der Waals surface area (Å²) in [4.78, 5) is 36.9. The summed E-state index contributed by atoms with van der Waals surface area (Å²) in [5.74, 6) is -2.48. The summed E-state index contributed by atoms with van der Waals surface area (Å²) >= 11 is 0. The zero-order chi connectivity index (χ0) is 44.6. The van der Waals surface area contributed by atoms with Crippen LogP contribution in [0.25, 0.3) is 0 Å². The van der Waals surface area contributed by atoms with Crippen molar-refractivity contribution in [2.75, 3.05) is 13.2 Å². The van der Waals surface area contributed by atoms with Gasteiger partial charge in [-0.3, -0.25) is 9.59 Å². The topological polar surface area (TPSA) is 169 Å². The highest BCUT2D eigenvalue weighted by atomic mass is 16.7. The van der Waals surface area contributed by atoms with Gasteiger partial charge in [0.05, 0.1) is 6.61 Å². The van der Waals surface area contributed by atoms with Crippen molar-refractivity contribution in [1.82, 2.24) is 0 Å². The highest BCUT2D eigenvalue weighted by molar-refractivity contribution is 5.73. The van der Waals surface area contributed by atoms with Crippen LogP contribution in [0.4, 0.5) is 0 Å². The van der Waals surface area contributed by atoms with Crippen LogP contribution in [-0.2, 0) is 33.3 Å². The van der Waals surface area contributed by atoms with Crippen molar-refractivity contribution in [2.45, 2.75) is 224 Å². The van der Waals surface area contributed by atoms with E-state index in [0.717, 1.165) is 96.3 Å². The van der Waals surface area contributed by atoms with Crippen LogP contribution in [0.1, 0.15) is 187 Å². The van der Waals surface area contributed by atoms with E-state index in [1.54, 1.807) is 0 Å². The summed E-state index contributed by atoms with van der Waals surface area (Å²) in [7, 11) is 0. The molecule has 11 nitrogen and oxygen atoms in total. The van der Waals surface area contributed by atoms with E-state index in [1.165, 1.54) is 51.4 Å². The van der Waals surface area contributed by atoms with Crippen LogP contribution in [0.3, 0.4) is 0 Å². The molecule has 0 amide bonds. The number of hydrogen-bond donors (Lipinski definition) is 4. The van der Waals surface area contributed by atoms with Crippen molar-refractivity contribution < 1.29 is 53.8 Å². The van der Waals surface area contributed by atoms with Gasteiger partial charge in [0.15, 0.2) is 18.5 Å². The van der Waals surface area contributed by atoms with Gasteiger partial charge in [-0.1, -0.05) is 152 Å². The second-order valence-electron chi connectivity index (χ2n) is 16.2. The van der Waals surface area contributed by atoms with Gasteiger partial charge in [-0.2, -0.15) is 0 Å². The van der Waals surface area contributed by atoms with Crippen molar-refractivity contribution in [3.63, 3.8) is 0 Å². The Hall–Kier alpha value is -3.09. The number of carboxylic acid groups (broad SMARTS) is 1. The Morgan fingerprint density at radius 1 is 0.508 bits per heavy atom. The summed E-state index contributed by atoms with van der Waals surface area (Å²) in [5.41, 5.74) is 0. The van der Waals surface area contributed by atoms with E-state index in [4.69, 9.17) is 18.9 Å². The molecule has 0 radical (unpaired) electrons. The van der Waals surface area contributed by atoms with E-state index in [9.17, 15) is 34.8 Å². The molecule has 4 N–H and O–H groups in total. The molecular weight excluding hydrogens is 777 g/mol. The number of ether oxygens (including phenoxy) is 4. The molecule has 0 bridgehead atoms. The standard InChI is InChI=1S/C50H84O11/c1-3-5-7-9-11-13-15-17-19-21-22-23-25-26-28-30-32-34-36-38-43(51)58-40-42(41-59-50-47(55)45(53)46(54)48(61-50)49(56)57)60-44(52)39-37-35-33-31-29-27-24-20-18-16-14-12-10-8-6-4-2/h11,13-14,16-17,19-20,22-24,42,45-48,50,53-55H,3-10,12,15,18,21,25-41H2,1-2H3,(H,56,57)/b13-11-,16-14-,19-17-,23-22-,24-20-. The molecule has 11 heteroatoms. The van der Waals surface area contributed by atoms with Crippen LogP contribution in [0.5, 0.6) is 0 Å². The molecule has 0 aromatic carbocycles. The van der Waals surface area contributed by atoms with E-state index < -0.39 is 61.3 Å². The molecular formula is C50H84O11. The van der Waals surface area contributed by atoms with Gasteiger partial charge in [-0.05, 0) is 83.5 Å². The van der Waals surface area contributed by atoms with Crippen LogP contribution < -0.4 is 0 Å². The third-order valence-electron chi connectivity index (χ3n) is 10.6. The number of carbonyl (C=O) groups is 3. The molecule has 1 fully saturated rings. The lowest BCUT2D eigenvalue weighted by Gasteiger charge is -2.38. The fourth-order valence-electron chi connectivity index (χ4n) is 6.80. The fourth-order valence-corrected chi connectivity index (χ4v) is 6.80. The minimum Gasteiger partial charge on any atom is -0.479 e. The Labute approximate surface area is 368 Å². The first-order valence-corrected chi connectivity index (χ1v) is 23.8. The number of carbonyl (C=O) groups excluding carboxylic acids is 2. The van der Waals surface area contributed by atoms with Gasteiger partial charge in [0, 0.05) is 12.8 Å². The zero-order valence-electron chi connectivity index (χ0n) is 37.9. The van der Waals surface area contributed by atoms with E-state index in [2.05, 4.69) is 74.6 Å². The molecule has 1 saturated heterocycles. The lowest BCUT2D eigenvalue weighted by Crippen LogP contribution is -2.60. The van der Waals surface area contributed by atoms with Crippen LogP contribution in [0, 0.1) is 0 Å². The number of esters is 2. The Bertz CT molecular complexity index is 1240. The van der Waals surface area contributed by atoms with Crippen molar-refractivity contribution >= 4 is 17.9 Å². The van der Waals surface area contributed by atoms with Crippen molar-refractivity contribution in [3.05, 3.63) is 60.8 Å². The Balaban J connectivity index is 2.37. The number of aliphatic hydroxyl groups is 3. The van der Waals surface area contributed by atoms with E-state index in [1.807, 2.05) is 0 Å². The summed E-state index contributed by atoms with van der Waals surface area (Å²) < 4.78 is 21.7. The molecule has 61 heavy (non-hydrogen) atoms. The first-order valence-electron chi connectivity index (χ1n) is 23.8. The minimum absolute atomic E-state index is 0.161. The first kappa shape index (κ1) is 55.9. The quantitative estimate of drug-likeness (QED) is 0.0264. The van der Waals surface area contributed by atoms with Gasteiger partial charge in [0.25, 0.3) is 0 Å². The predicted octanol–water partition coefficient (Wildman–Crippen LogP) is 10.7. The highest BCUT2D eigenvalue weighted by Gasteiger charge is 2.47. The SMILES string of the molecule is CCCCC/C=C\C/C=C\C/C=C\CCCCCCCCC(=O)OCC(COC1OC(C(=O)O)C(O)C(O)C1O)OC(=O)CCCCCCC/C=C\C/C=C\CCCCCC. The number of carboxylic acids is 1. The molecule has 1 heterocycles. The number of unbranched alkanes of at least 4 members (excludes halogenated alkanes) is 18. The number of allylic oxidation sites excluding steroid dienone is 10. The van der Waals surface area contributed by atoms with Crippen molar-refractivity contribution in [2.24, 2.45) is 0 Å². The summed E-state index contributed by atoms with van der Waals surface area (Å²) in [6.45, 7) is 3.75. The van der Waals surface area contributed by atoms with Crippen LogP contribution >= 0.6 is 0 Å². The van der Waals surface area contributed by atoms with Crippen LogP contribution in [0.15, 0.2) is 60.8 Å². The minimum atomic E-state index is -1.87. The molecule has 350 valence electrons. The lowest BCUT2D eigenvalue weighted by molar-refractivity contribution is -0.298. The fraction of sp³-hybridized carbons (Fsp3) is 0.740. The van der Waals surface area contributed by atoms with E-state index in [0.29, 0.717) is 12.8 Å². The highest BCUT2D eigenvalue weighted by Crippen LogP contribution is 2.23. The number of hydrogen-bond acceptors (Lipinski definition) is 10. The smallest absolute Gasteiger partial charge is 0.335 e. The lowest BCUT2D eigenvalue weighted by atomic mass is 9.99. The zero-order valence-corrected chi connectivity index (χ0v) is 37.9. The molecule has 0 spiro atoms. The van der Waals surface area contributed by atoms with Gasteiger partial charge >= 0.3 is 17.9 Å². The molecule has 1 aliphatic rings. The molecule has 0 saturated carbocycles. The van der Waals surface area contributed by atoms with E-state index in [-0.39, 0.29) is 19.4 Å². The van der Waals surface area contributed by atoms with Gasteiger partial charge in [0.2, 0.25) is 0 Å². The maximum atomic E-state index is 12.8. The Kier molecular flexibility index (Phi) is 36.4. The first-order chi connectivity index (χ1) is 29.7. The average molecular weight is 861 g/mol.